The Bertz CT molecular complexity index is 650. The Morgan fingerprint density at radius 2 is 1.33 bits per heavy atom. The van der Waals surface area contributed by atoms with Gasteiger partial charge in [-0.2, -0.15) is 0 Å². The zero-order valence-electron chi connectivity index (χ0n) is 12.1. The SMILES string of the molecule is CC12SC(C=O)=CC1=C1CCCC1=C1C=C(C=O)SC12C. The average molecular weight is 316 g/mol. The van der Waals surface area contributed by atoms with Gasteiger partial charge in [-0.15, -0.1) is 23.5 Å². The number of allylic oxidation sites excluding steroid dienone is 6. The highest BCUT2D eigenvalue weighted by molar-refractivity contribution is 8.09. The molecule has 2 aliphatic heterocycles. The lowest BCUT2D eigenvalue weighted by molar-refractivity contribution is -0.105. The fraction of sp³-hybridized carbons (Fsp3) is 0.412. The standard InChI is InChI=1S/C17H16O2S2/c1-16-14(6-10(8-18)20-16)12-4-3-5-13(12)15-7-11(9-19)21-17(15,16)2/h6-9H,3-5H2,1-2H3. The molecule has 1 fully saturated rings. The van der Waals surface area contributed by atoms with E-state index in [0.717, 1.165) is 35.2 Å². The third-order valence-electron chi connectivity index (χ3n) is 5.26. The first-order valence-electron chi connectivity index (χ1n) is 7.23. The van der Waals surface area contributed by atoms with E-state index in [4.69, 9.17) is 0 Å². The summed E-state index contributed by atoms with van der Waals surface area (Å²) in [6, 6.07) is 0. The number of aldehydes is 2. The van der Waals surface area contributed by atoms with Crippen molar-refractivity contribution in [2.24, 2.45) is 0 Å². The fourth-order valence-corrected chi connectivity index (χ4v) is 6.95. The average Bonchev–Trinajstić information content (AvgIpc) is 3.13. The summed E-state index contributed by atoms with van der Waals surface area (Å²) in [5, 5.41) is 0. The highest BCUT2D eigenvalue weighted by Gasteiger charge is 2.59. The number of fused-ring (bicyclic) bond motifs is 4. The molecule has 0 aromatic carbocycles. The number of carbonyl (C=O) groups excluding carboxylic acids is 2. The molecule has 108 valence electrons. The molecule has 0 aromatic rings. The quantitative estimate of drug-likeness (QED) is 0.722. The molecule has 2 nitrogen and oxygen atoms in total. The normalized spacial score (nSPS) is 37.0. The van der Waals surface area contributed by atoms with E-state index in [-0.39, 0.29) is 9.49 Å². The molecule has 0 bridgehead atoms. The third kappa shape index (κ3) is 1.53. The van der Waals surface area contributed by atoms with Crippen LogP contribution in [-0.2, 0) is 9.59 Å². The van der Waals surface area contributed by atoms with Crippen LogP contribution in [0.25, 0.3) is 0 Å². The molecule has 1 saturated carbocycles. The molecular formula is C17H16O2S2. The first-order chi connectivity index (χ1) is 10.0. The zero-order chi connectivity index (χ0) is 14.8. The van der Waals surface area contributed by atoms with Crippen LogP contribution in [0.2, 0.25) is 0 Å². The minimum absolute atomic E-state index is 0.159. The van der Waals surface area contributed by atoms with Gasteiger partial charge < -0.3 is 0 Å². The molecule has 4 rings (SSSR count). The molecular weight excluding hydrogens is 300 g/mol. The van der Waals surface area contributed by atoms with Crippen LogP contribution in [-0.4, -0.2) is 22.1 Å². The lowest BCUT2D eigenvalue weighted by Gasteiger charge is -2.46. The van der Waals surface area contributed by atoms with Gasteiger partial charge in [0.15, 0.2) is 12.6 Å². The first-order valence-corrected chi connectivity index (χ1v) is 8.86. The van der Waals surface area contributed by atoms with E-state index in [1.807, 2.05) is 0 Å². The van der Waals surface area contributed by atoms with Crippen LogP contribution in [0.15, 0.2) is 44.3 Å². The molecule has 2 unspecified atom stereocenters. The van der Waals surface area contributed by atoms with E-state index < -0.39 is 0 Å². The second kappa shape index (κ2) is 4.26. The third-order valence-corrected chi connectivity index (χ3v) is 8.36. The van der Waals surface area contributed by atoms with Crippen molar-refractivity contribution in [3.8, 4) is 0 Å². The summed E-state index contributed by atoms with van der Waals surface area (Å²) in [4.78, 5) is 24.2. The molecule has 2 atom stereocenters. The van der Waals surface area contributed by atoms with Crippen molar-refractivity contribution < 1.29 is 9.59 Å². The number of hydrogen-bond donors (Lipinski definition) is 0. The molecule has 2 heterocycles. The predicted octanol–water partition coefficient (Wildman–Crippen LogP) is 3.95. The highest BCUT2D eigenvalue weighted by Crippen LogP contribution is 2.67. The number of carbonyl (C=O) groups is 2. The minimum Gasteiger partial charge on any atom is -0.297 e. The molecule has 0 aromatic heterocycles. The van der Waals surface area contributed by atoms with Gasteiger partial charge in [0.2, 0.25) is 0 Å². The summed E-state index contributed by atoms with van der Waals surface area (Å²) < 4.78 is -0.318. The summed E-state index contributed by atoms with van der Waals surface area (Å²) in [5.41, 5.74) is 5.50. The van der Waals surface area contributed by atoms with Crippen LogP contribution in [0.1, 0.15) is 33.1 Å². The molecule has 0 N–H and O–H groups in total. The Hall–Kier alpha value is -1.000. The number of thioether (sulfide) groups is 2. The molecule has 0 amide bonds. The fourth-order valence-electron chi connectivity index (χ4n) is 4.11. The number of hydrogen-bond acceptors (Lipinski definition) is 4. The van der Waals surface area contributed by atoms with Crippen LogP contribution in [0.3, 0.4) is 0 Å². The largest absolute Gasteiger partial charge is 0.297 e. The second-order valence-electron chi connectivity index (χ2n) is 6.24. The van der Waals surface area contributed by atoms with E-state index in [1.165, 1.54) is 28.7 Å². The summed E-state index contributed by atoms with van der Waals surface area (Å²) >= 11 is 3.33. The van der Waals surface area contributed by atoms with Crippen molar-refractivity contribution in [2.75, 3.05) is 0 Å². The molecule has 21 heavy (non-hydrogen) atoms. The topological polar surface area (TPSA) is 34.1 Å². The van der Waals surface area contributed by atoms with Crippen LogP contribution in [0.5, 0.6) is 0 Å². The molecule has 2 aliphatic carbocycles. The lowest BCUT2D eigenvalue weighted by atomic mass is 9.72. The minimum atomic E-state index is -0.159. The molecule has 0 radical (unpaired) electrons. The summed E-state index contributed by atoms with van der Waals surface area (Å²) in [6.07, 6.45) is 9.46. The molecule has 4 aliphatic rings. The van der Waals surface area contributed by atoms with Crippen molar-refractivity contribution in [3.63, 3.8) is 0 Å². The first kappa shape index (κ1) is 13.6. The van der Waals surface area contributed by atoms with Gasteiger partial charge in [-0.1, -0.05) is 0 Å². The van der Waals surface area contributed by atoms with Gasteiger partial charge in [0.1, 0.15) is 0 Å². The maximum Gasteiger partial charge on any atom is 0.156 e. The number of rotatable bonds is 2. The Morgan fingerprint density at radius 1 is 0.905 bits per heavy atom. The van der Waals surface area contributed by atoms with Gasteiger partial charge in [0, 0.05) is 9.81 Å². The van der Waals surface area contributed by atoms with E-state index >= 15 is 0 Å². The maximum atomic E-state index is 11.3. The van der Waals surface area contributed by atoms with Gasteiger partial charge in [-0.25, -0.2) is 0 Å². The Balaban J connectivity index is 2.00. The van der Waals surface area contributed by atoms with Gasteiger partial charge in [0.05, 0.1) is 9.49 Å². The van der Waals surface area contributed by atoms with Crippen molar-refractivity contribution in [2.45, 2.75) is 42.6 Å². The monoisotopic (exact) mass is 316 g/mol. The van der Waals surface area contributed by atoms with Crippen LogP contribution in [0, 0.1) is 0 Å². The zero-order valence-corrected chi connectivity index (χ0v) is 13.7. The Labute approximate surface area is 132 Å². The van der Waals surface area contributed by atoms with Gasteiger partial charge in [0.25, 0.3) is 0 Å². The smallest absolute Gasteiger partial charge is 0.156 e. The maximum absolute atomic E-state index is 11.3. The summed E-state index contributed by atoms with van der Waals surface area (Å²) in [7, 11) is 0. The Kier molecular flexibility index (Phi) is 2.77. The Morgan fingerprint density at radius 3 is 1.71 bits per heavy atom. The van der Waals surface area contributed by atoms with Crippen LogP contribution >= 0.6 is 23.5 Å². The van der Waals surface area contributed by atoms with E-state index in [2.05, 4.69) is 26.0 Å². The van der Waals surface area contributed by atoms with Crippen molar-refractivity contribution in [1.82, 2.24) is 0 Å². The summed E-state index contributed by atoms with van der Waals surface area (Å²) in [5.74, 6) is 0. The van der Waals surface area contributed by atoms with Gasteiger partial charge in [-0.05, 0) is 67.6 Å². The highest BCUT2D eigenvalue weighted by atomic mass is 32.2. The predicted molar refractivity (Wildman–Crippen MR) is 88.2 cm³/mol. The second-order valence-corrected chi connectivity index (χ2v) is 9.22. The van der Waals surface area contributed by atoms with Crippen LogP contribution < -0.4 is 0 Å². The van der Waals surface area contributed by atoms with Crippen molar-refractivity contribution in [3.05, 3.63) is 44.3 Å². The summed E-state index contributed by atoms with van der Waals surface area (Å²) in [6.45, 7) is 4.47. The van der Waals surface area contributed by atoms with Gasteiger partial charge in [-0.3, -0.25) is 9.59 Å². The van der Waals surface area contributed by atoms with Crippen LogP contribution in [0.4, 0.5) is 0 Å². The van der Waals surface area contributed by atoms with Crippen molar-refractivity contribution >= 4 is 36.1 Å². The van der Waals surface area contributed by atoms with E-state index in [0.29, 0.717) is 0 Å². The molecule has 0 saturated heterocycles. The van der Waals surface area contributed by atoms with E-state index in [9.17, 15) is 9.59 Å². The lowest BCUT2D eigenvalue weighted by Crippen LogP contribution is -2.47. The molecule has 4 heteroatoms. The van der Waals surface area contributed by atoms with Crippen molar-refractivity contribution in [1.29, 1.82) is 0 Å². The van der Waals surface area contributed by atoms with Gasteiger partial charge >= 0.3 is 0 Å². The molecule has 0 spiro atoms. The van der Waals surface area contributed by atoms with E-state index in [1.54, 1.807) is 23.5 Å².